The van der Waals surface area contributed by atoms with Crippen LogP contribution >= 0.6 is 0 Å². The molecule has 1 heterocycles. The predicted octanol–water partition coefficient (Wildman–Crippen LogP) is 1.47. The van der Waals surface area contributed by atoms with Crippen LogP contribution < -0.4 is 10.6 Å². The van der Waals surface area contributed by atoms with Gasteiger partial charge in [0.2, 0.25) is 5.91 Å². The fraction of sp³-hybridized carbons (Fsp3) is 0.467. The van der Waals surface area contributed by atoms with Crippen LogP contribution in [0.15, 0.2) is 24.3 Å². The van der Waals surface area contributed by atoms with Crippen molar-refractivity contribution in [1.29, 1.82) is 0 Å². The zero-order chi connectivity index (χ0) is 14.5. The molecule has 1 aromatic carbocycles. The van der Waals surface area contributed by atoms with E-state index in [2.05, 4.69) is 10.6 Å². The van der Waals surface area contributed by atoms with Crippen LogP contribution in [0, 0.1) is 0 Å². The number of nitrogens with one attached hydrogen (secondary N) is 2. The van der Waals surface area contributed by atoms with E-state index in [9.17, 15) is 9.59 Å². The molecule has 1 aromatic rings. The number of anilines is 1. The van der Waals surface area contributed by atoms with Gasteiger partial charge in [-0.1, -0.05) is 13.0 Å². The molecule has 5 heteroatoms. The van der Waals surface area contributed by atoms with Gasteiger partial charge in [-0.05, 0) is 25.1 Å². The highest BCUT2D eigenvalue weighted by Gasteiger charge is 2.24. The summed E-state index contributed by atoms with van der Waals surface area (Å²) in [6.07, 6.45) is 0.424. The standard InChI is InChI=1S/C15H21N3O2/c1-3-14(19)17-13-6-4-5-12(9-13)15(20)18-8-7-16-10-11(18)2/h4-6,9,11,16H,3,7-8,10H2,1-2H3,(H,17,19)/t11-/m0/s1. The Labute approximate surface area is 119 Å². The smallest absolute Gasteiger partial charge is 0.254 e. The van der Waals surface area contributed by atoms with E-state index < -0.39 is 0 Å². The molecule has 2 amide bonds. The maximum Gasteiger partial charge on any atom is 0.254 e. The SMILES string of the molecule is CCC(=O)Nc1cccc(C(=O)N2CCNC[C@@H]2C)c1. The molecule has 0 saturated carbocycles. The first-order chi connectivity index (χ1) is 9.61. The van der Waals surface area contributed by atoms with E-state index in [1.165, 1.54) is 0 Å². The number of piperazine rings is 1. The number of amides is 2. The minimum Gasteiger partial charge on any atom is -0.333 e. The molecule has 5 nitrogen and oxygen atoms in total. The third kappa shape index (κ3) is 3.36. The molecule has 0 radical (unpaired) electrons. The third-order valence-electron chi connectivity index (χ3n) is 3.48. The summed E-state index contributed by atoms with van der Waals surface area (Å²) in [4.78, 5) is 25.8. The molecule has 0 aliphatic carbocycles. The average molecular weight is 275 g/mol. The summed E-state index contributed by atoms with van der Waals surface area (Å²) in [7, 11) is 0. The molecule has 20 heavy (non-hydrogen) atoms. The van der Waals surface area contributed by atoms with Gasteiger partial charge in [-0.2, -0.15) is 0 Å². The second-order valence-corrected chi connectivity index (χ2v) is 5.03. The minimum atomic E-state index is -0.0508. The van der Waals surface area contributed by atoms with Gasteiger partial charge in [0.1, 0.15) is 0 Å². The number of hydrogen-bond donors (Lipinski definition) is 2. The molecule has 1 aliphatic rings. The van der Waals surface area contributed by atoms with Gasteiger partial charge >= 0.3 is 0 Å². The summed E-state index contributed by atoms with van der Waals surface area (Å²) in [6, 6.07) is 7.31. The fourth-order valence-electron chi connectivity index (χ4n) is 2.29. The highest BCUT2D eigenvalue weighted by molar-refractivity contribution is 5.97. The number of carbonyl (C=O) groups is 2. The van der Waals surface area contributed by atoms with E-state index >= 15 is 0 Å². The summed E-state index contributed by atoms with van der Waals surface area (Å²) in [5.41, 5.74) is 1.29. The molecule has 0 aromatic heterocycles. The Hall–Kier alpha value is -1.88. The normalized spacial score (nSPS) is 18.7. The summed E-state index contributed by atoms with van der Waals surface area (Å²) in [6.45, 7) is 6.19. The average Bonchev–Trinajstić information content (AvgIpc) is 2.47. The number of nitrogens with zero attached hydrogens (tertiary/aromatic N) is 1. The monoisotopic (exact) mass is 275 g/mol. The lowest BCUT2D eigenvalue weighted by atomic mass is 10.1. The first-order valence-corrected chi connectivity index (χ1v) is 7.03. The van der Waals surface area contributed by atoms with Crippen LogP contribution in [0.2, 0.25) is 0 Å². The van der Waals surface area contributed by atoms with Crippen LogP contribution in [0.25, 0.3) is 0 Å². The first kappa shape index (κ1) is 14.5. The lowest BCUT2D eigenvalue weighted by molar-refractivity contribution is -0.115. The Morgan fingerprint density at radius 1 is 1.45 bits per heavy atom. The summed E-state index contributed by atoms with van der Waals surface area (Å²) in [5, 5.41) is 6.04. The quantitative estimate of drug-likeness (QED) is 0.878. The van der Waals surface area contributed by atoms with Crippen LogP contribution in [-0.2, 0) is 4.79 Å². The Bertz CT molecular complexity index is 502. The van der Waals surface area contributed by atoms with Crippen LogP contribution in [0.1, 0.15) is 30.6 Å². The largest absolute Gasteiger partial charge is 0.333 e. The van der Waals surface area contributed by atoms with Gasteiger partial charge in [0.25, 0.3) is 5.91 Å². The minimum absolute atomic E-state index is 0.0200. The van der Waals surface area contributed by atoms with Gasteiger partial charge < -0.3 is 15.5 Å². The molecule has 0 unspecified atom stereocenters. The van der Waals surface area contributed by atoms with Gasteiger partial charge in [-0.3, -0.25) is 9.59 Å². The topological polar surface area (TPSA) is 61.4 Å². The Morgan fingerprint density at radius 2 is 2.25 bits per heavy atom. The fourth-order valence-corrected chi connectivity index (χ4v) is 2.29. The van der Waals surface area contributed by atoms with E-state index in [4.69, 9.17) is 0 Å². The molecule has 1 atom stereocenters. The van der Waals surface area contributed by atoms with E-state index in [0.29, 0.717) is 24.2 Å². The van der Waals surface area contributed by atoms with Crippen molar-refractivity contribution in [3.63, 3.8) is 0 Å². The predicted molar refractivity (Wildman–Crippen MR) is 78.7 cm³/mol. The van der Waals surface area contributed by atoms with Gasteiger partial charge in [0.15, 0.2) is 0 Å². The Balaban J connectivity index is 2.13. The molecular weight excluding hydrogens is 254 g/mol. The van der Waals surface area contributed by atoms with E-state index in [1.54, 1.807) is 31.2 Å². The molecule has 2 N–H and O–H groups in total. The van der Waals surface area contributed by atoms with Crippen LogP contribution in [0.3, 0.4) is 0 Å². The molecule has 1 aliphatic heterocycles. The molecular formula is C15H21N3O2. The summed E-state index contributed by atoms with van der Waals surface area (Å²) < 4.78 is 0. The van der Waals surface area contributed by atoms with Crippen LogP contribution in [-0.4, -0.2) is 42.4 Å². The van der Waals surface area contributed by atoms with Crippen molar-refractivity contribution < 1.29 is 9.59 Å². The molecule has 108 valence electrons. The summed E-state index contributed by atoms with van der Waals surface area (Å²) >= 11 is 0. The molecule has 2 rings (SSSR count). The second-order valence-electron chi connectivity index (χ2n) is 5.03. The molecule has 1 saturated heterocycles. The number of rotatable bonds is 3. The number of carbonyl (C=O) groups excluding carboxylic acids is 2. The lowest BCUT2D eigenvalue weighted by Gasteiger charge is -2.34. The van der Waals surface area contributed by atoms with Gasteiger partial charge in [-0.15, -0.1) is 0 Å². The molecule has 0 bridgehead atoms. The van der Waals surface area contributed by atoms with Crippen LogP contribution in [0.5, 0.6) is 0 Å². The Morgan fingerprint density at radius 3 is 2.95 bits per heavy atom. The zero-order valence-electron chi connectivity index (χ0n) is 12.0. The molecule has 0 spiro atoms. The third-order valence-corrected chi connectivity index (χ3v) is 3.48. The summed E-state index contributed by atoms with van der Waals surface area (Å²) in [5.74, 6) is -0.0308. The van der Waals surface area contributed by atoms with Crippen molar-refractivity contribution in [2.75, 3.05) is 25.0 Å². The van der Waals surface area contributed by atoms with Crippen molar-refractivity contribution in [2.45, 2.75) is 26.3 Å². The maximum atomic E-state index is 12.5. The van der Waals surface area contributed by atoms with Crippen LogP contribution in [0.4, 0.5) is 5.69 Å². The zero-order valence-corrected chi connectivity index (χ0v) is 12.0. The van der Waals surface area contributed by atoms with Gasteiger partial charge in [0.05, 0.1) is 0 Å². The van der Waals surface area contributed by atoms with Crippen molar-refractivity contribution in [2.24, 2.45) is 0 Å². The van der Waals surface area contributed by atoms with E-state index in [0.717, 1.165) is 13.1 Å². The maximum absolute atomic E-state index is 12.5. The van der Waals surface area contributed by atoms with Crippen molar-refractivity contribution in [3.8, 4) is 0 Å². The highest BCUT2D eigenvalue weighted by Crippen LogP contribution is 2.15. The lowest BCUT2D eigenvalue weighted by Crippen LogP contribution is -2.52. The van der Waals surface area contributed by atoms with E-state index in [-0.39, 0.29) is 17.9 Å². The number of hydrogen-bond acceptors (Lipinski definition) is 3. The van der Waals surface area contributed by atoms with Crippen molar-refractivity contribution in [1.82, 2.24) is 10.2 Å². The van der Waals surface area contributed by atoms with Crippen molar-refractivity contribution >= 4 is 17.5 Å². The van der Waals surface area contributed by atoms with Crippen molar-refractivity contribution in [3.05, 3.63) is 29.8 Å². The Kier molecular flexibility index (Phi) is 4.74. The molecule has 1 fully saturated rings. The second kappa shape index (κ2) is 6.52. The number of benzene rings is 1. The first-order valence-electron chi connectivity index (χ1n) is 7.03. The van der Waals surface area contributed by atoms with Gasteiger partial charge in [0, 0.05) is 43.3 Å². The highest BCUT2D eigenvalue weighted by atomic mass is 16.2. The van der Waals surface area contributed by atoms with Gasteiger partial charge in [-0.25, -0.2) is 0 Å². The van der Waals surface area contributed by atoms with E-state index in [1.807, 2.05) is 11.8 Å².